The Hall–Kier alpha value is -3.10. The molecule has 0 radical (unpaired) electrons. The number of alkyl halides is 3. The summed E-state index contributed by atoms with van der Waals surface area (Å²) in [5, 5.41) is 4.72. The molecule has 3 rings (SSSR count). The van der Waals surface area contributed by atoms with E-state index in [0.717, 1.165) is 11.6 Å². The first-order valence-corrected chi connectivity index (χ1v) is 8.95. The topological polar surface area (TPSA) is 61.4 Å². The van der Waals surface area contributed by atoms with Gasteiger partial charge in [-0.15, -0.1) is 0 Å². The van der Waals surface area contributed by atoms with Gasteiger partial charge in [0.25, 0.3) is 0 Å². The first-order valence-electron chi connectivity index (χ1n) is 8.95. The number of anilines is 1. The molecule has 0 aliphatic carbocycles. The SMILES string of the molecule is O=C(NCC1CC(=O)N(Cc2ccc(F)cc2)C1)Nc1ccccc1C(F)(F)F. The lowest BCUT2D eigenvalue weighted by Crippen LogP contribution is -2.34. The zero-order chi connectivity index (χ0) is 21.0. The Bertz CT molecular complexity index is 884. The van der Waals surface area contributed by atoms with Crippen molar-refractivity contribution in [1.82, 2.24) is 10.2 Å². The average Bonchev–Trinajstić information content (AvgIpc) is 3.01. The van der Waals surface area contributed by atoms with Crippen molar-refractivity contribution in [3.05, 3.63) is 65.5 Å². The Morgan fingerprint density at radius 3 is 2.48 bits per heavy atom. The molecule has 0 saturated carbocycles. The minimum atomic E-state index is -4.58. The molecule has 3 amide bonds. The largest absolute Gasteiger partial charge is 0.418 e. The second-order valence-corrected chi connectivity index (χ2v) is 6.85. The molecular formula is C20H19F4N3O2. The number of hydrogen-bond acceptors (Lipinski definition) is 2. The van der Waals surface area contributed by atoms with Crippen LogP contribution >= 0.6 is 0 Å². The van der Waals surface area contributed by atoms with Gasteiger partial charge in [0.05, 0.1) is 11.3 Å². The molecule has 1 atom stereocenters. The van der Waals surface area contributed by atoms with E-state index in [4.69, 9.17) is 0 Å². The van der Waals surface area contributed by atoms with Crippen LogP contribution in [0.3, 0.4) is 0 Å². The molecular weight excluding hydrogens is 390 g/mol. The first kappa shape index (κ1) is 20.6. The number of halogens is 4. The summed E-state index contributed by atoms with van der Waals surface area (Å²) in [5.41, 5.74) is -0.482. The summed E-state index contributed by atoms with van der Waals surface area (Å²) in [6.45, 7) is 0.877. The van der Waals surface area contributed by atoms with Crippen LogP contribution in [0.4, 0.5) is 28.0 Å². The Morgan fingerprint density at radius 2 is 1.79 bits per heavy atom. The van der Waals surface area contributed by atoms with Crippen molar-refractivity contribution in [3.8, 4) is 0 Å². The highest BCUT2D eigenvalue weighted by Gasteiger charge is 2.34. The molecule has 1 saturated heterocycles. The molecule has 0 bridgehead atoms. The van der Waals surface area contributed by atoms with Gasteiger partial charge in [0.15, 0.2) is 0 Å². The number of para-hydroxylation sites is 1. The van der Waals surface area contributed by atoms with Crippen molar-refractivity contribution in [3.63, 3.8) is 0 Å². The van der Waals surface area contributed by atoms with Crippen LogP contribution in [-0.4, -0.2) is 29.9 Å². The minimum absolute atomic E-state index is 0.0936. The van der Waals surface area contributed by atoms with Crippen LogP contribution in [0.1, 0.15) is 17.5 Å². The predicted molar refractivity (Wildman–Crippen MR) is 98.4 cm³/mol. The van der Waals surface area contributed by atoms with Crippen molar-refractivity contribution >= 4 is 17.6 Å². The highest BCUT2D eigenvalue weighted by Crippen LogP contribution is 2.34. The summed E-state index contributed by atoms with van der Waals surface area (Å²) in [6.07, 6.45) is -4.36. The van der Waals surface area contributed by atoms with Gasteiger partial charge in [-0.05, 0) is 29.8 Å². The van der Waals surface area contributed by atoms with Gasteiger partial charge in [0.2, 0.25) is 5.91 Å². The summed E-state index contributed by atoms with van der Waals surface area (Å²) in [4.78, 5) is 25.8. The monoisotopic (exact) mass is 409 g/mol. The molecule has 0 aromatic heterocycles. The highest BCUT2D eigenvalue weighted by atomic mass is 19.4. The lowest BCUT2D eigenvalue weighted by molar-refractivity contribution is -0.137. The normalized spacial score (nSPS) is 16.8. The van der Waals surface area contributed by atoms with E-state index >= 15 is 0 Å². The Balaban J connectivity index is 1.51. The van der Waals surface area contributed by atoms with Gasteiger partial charge in [0, 0.05) is 32.0 Å². The van der Waals surface area contributed by atoms with E-state index in [1.807, 2.05) is 0 Å². The zero-order valence-corrected chi connectivity index (χ0v) is 15.3. The van der Waals surface area contributed by atoms with Gasteiger partial charge >= 0.3 is 12.2 Å². The fourth-order valence-electron chi connectivity index (χ4n) is 3.20. The van der Waals surface area contributed by atoms with Gasteiger partial charge < -0.3 is 15.5 Å². The number of carbonyl (C=O) groups excluding carboxylic acids is 2. The third-order valence-electron chi connectivity index (χ3n) is 4.61. The third kappa shape index (κ3) is 5.46. The number of nitrogens with one attached hydrogen (secondary N) is 2. The van der Waals surface area contributed by atoms with Crippen molar-refractivity contribution in [1.29, 1.82) is 0 Å². The van der Waals surface area contributed by atoms with E-state index in [9.17, 15) is 27.2 Å². The summed E-state index contributed by atoms with van der Waals surface area (Å²) in [6, 6.07) is 9.76. The van der Waals surface area contributed by atoms with Gasteiger partial charge in [-0.3, -0.25) is 4.79 Å². The average molecular weight is 409 g/mol. The smallest absolute Gasteiger partial charge is 0.338 e. The van der Waals surface area contributed by atoms with Gasteiger partial charge in [-0.1, -0.05) is 24.3 Å². The maximum atomic E-state index is 13.0. The van der Waals surface area contributed by atoms with Crippen LogP contribution in [0.25, 0.3) is 0 Å². The Morgan fingerprint density at radius 1 is 1.10 bits per heavy atom. The Kier molecular flexibility index (Phi) is 6.05. The van der Waals surface area contributed by atoms with Gasteiger partial charge in [0.1, 0.15) is 5.82 Å². The highest BCUT2D eigenvalue weighted by molar-refractivity contribution is 5.90. The van der Waals surface area contributed by atoms with E-state index in [0.29, 0.717) is 13.1 Å². The van der Waals surface area contributed by atoms with Crippen molar-refractivity contribution in [2.24, 2.45) is 5.92 Å². The standard InChI is InChI=1S/C20H19F4N3O2/c21-15-7-5-13(6-8-15)11-27-12-14(9-18(27)28)10-25-19(29)26-17-4-2-1-3-16(17)20(22,23)24/h1-8,14H,9-12H2,(H2,25,26,29). The number of amides is 3. The molecule has 9 heteroatoms. The zero-order valence-electron chi connectivity index (χ0n) is 15.3. The lowest BCUT2D eigenvalue weighted by atomic mass is 10.1. The van der Waals surface area contributed by atoms with E-state index in [2.05, 4.69) is 10.6 Å². The third-order valence-corrected chi connectivity index (χ3v) is 4.61. The molecule has 1 aliphatic heterocycles. The predicted octanol–water partition coefficient (Wildman–Crippen LogP) is 4.01. The quantitative estimate of drug-likeness (QED) is 0.733. The molecule has 29 heavy (non-hydrogen) atoms. The molecule has 5 nitrogen and oxygen atoms in total. The number of carbonyl (C=O) groups is 2. The fraction of sp³-hybridized carbons (Fsp3) is 0.300. The van der Waals surface area contributed by atoms with Crippen LogP contribution < -0.4 is 10.6 Å². The van der Waals surface area contributed by atoms with Gasteiger partial charge in [-0.2, -0.15) is 13.2 Å². The molecule has 1 aliphatic rings. The number of rotatable bonds is 5. The second kappa shape index (κ2) is 8.50. The Labute approximate surface area is 164 Å². The number of nitrogens with zero attached hydrogens (tertiary/aromatic N) is 1. The summed E-state index contributed by atoms with van der Waals surface area (Å²) in [5.74, 6) is -0.614. The van der Waals surface area contributed by atoms with Crippen LogP contribution in [0, 0.1) is 11.7 Å². The van der Waals surface area contributed by atoms with E-state index in [-0.39, 0.29) is 36.3 Å². The van der Waals surface area contributed by atoms with E-state index < -0.39 is 17.8 Å². The van der Waals surface area contributed by atoms with Crippen LogP contribution in [0.2, 0.25) is 0 Å². The summed E-state index contributed by atoms with van der Waals surface area (Å²) in [7, 11) is 0. The molecule has 2 N–H and O–H groups in total. The fourth-order valence-corrected chi connectivity index (χ4v) is 3.20. The maximum absolute atomic E-state index is 13.0. The van der Waals surface area contributed by atoms with E-state index in [1.165, 1.54) is 30.3 Å². The van der Waals surface area contributed by atoms with Crippen molar-refractivity contribution in [2.75, 3.05) is 18.4 Å². The summed E-state index contributed by atoms with van der Waals surface area (Å²) < 4.78 is 51.9. The molecule has 1 unspecified atom stereocenters. The van der Waals surface area contributed by atoms with Crippen molar-refractivity contribution < 1.29 is 27.2 Å². The number of benzene rings is 2. The number of hydrogen-bond donors (Lipinski definition) is 2. The van der Waals surface area contributed by atoms with Gasteiger partial charge in [-0.25, -0.2) is 9.18 Å². The van der Waals surface area contributed by atoms with Crippen LogP contribution in [0.5, 0.6) is 0 Å². The minimum Gasteiger partial charge on any atom is -0.338 e. The van der Waals surface area contributed by atoms with E-state index in [1.54, 1.807) is 17.0 Å². The second-order valence-electron chi connectivity index (χ2n) is 6.85. The molecule has 154 valence electrons. The lowest BCUT2D eigenvalue weighted by Gasteiger charge is -2.17. The van der Waals surface area contributed by atoms with Crippen LogP contribution in [-0.2, 0) is 17.5 Å². The molecule has 1 fully saturated rings. The first-order chi connectivity index (χ1) is 13.7. The molecule has 2 aromatic carbocycles. The number of likely N-dealkylation sites (tertiary alicyclic amines) is 1. The molecule has 0 spiro atoms. The van der Waals surface area contributed by atoms with Crippen LogP contribution in [0.15, 0.2) is 48.5 Å². The molecule has 2 aromatic rings. The maximum Gasteiger partial charge on any atom is 0.418 e. The number of urea groups is 1. The van der Waals surface area contributed by atoms with Crippen molar-refractivity contribution in [2.45, 2.75) is 19.1 Å². The molecule has 1 heterocycles. The summed E-state index contributed by atoms with van der Waals surface area (Å²) >= 11 is 0.